The van der Waals surface area contributed by atoms with E-state index in [0.29, 0.717) is 19.3 Å². The third-order valence-electron chi connectivity index (χ3n) is 16.3. The van der Waals surface area contributed by atoms with Crippen LogP contribution in [0.2, 0.25) is 0 Å². The van der Waals surface area contributed by atoms with Gasteiger partial charge in [-0.2, -0.15) is 0 Å². The first kappa shape index (κ1) is 79.1. The third-order valence-corrected chi connectivity index (χ3v) is 16.3. The van der Waals surface area contributed by atoms with Crippen LogP contribution in [0.1, 0.15) is 387 Å². The van der Waals surface area contributed by atoms with Crippen molar-refractivity contribution in [1.82, 2.24) is 0 Å². The van der Waals surface area contributed by atoms with Crippen molar-refractivity contribution in [2.45, 2.75) is 393 Å². The fraction of sp³-hybridized carbons (Fsp3) is 0.829. The number of esters is 3. The average molecular weight is 1150 g/mol. The van der Waals surface area contributed by atoms with Crippen LogP contribution >= 0.6 is 0 Å². The Labute approximate surface area is 510 Å². The molecule has 0 amide bonds. The van der Waals surface area contributed by atoms with Gasteiger partial charge >= 0.3 is 17.9 Å². The molecule has 0 aromatic rings. The molecule has 0 rings (SSSR count). The first-order valence-electron chi connectivity index (χ1n) is 36.3. The lowest BCUT2D eigenvalue weighted by Crippen LogP contribution is -2.30. The summed E-state index contributed by atoms with van der Waals surface area (Å²) in [5.41, 5.74) is 0. The minimum atomic E-state index is -0.772. The van der Waals surface area contributed by atoms with E-state index in [0.717, 1.165) is 83.5 Å². The normalized spacial score (nSPS) is 12.4. The first-order valence-corrected chi connectivity index (χ1v) is 36.3. The van der Waals surface area contributed by atoms with E-state index in [2.05, 4.69) is 81.5 Å². The second kappa shape index (κ2) is 70.6. The molecule has 0 saturated carbocycles. The largest absolute Gasteiger partial charge is 0.462 e. The van der Waals surface area contributed by atoms with E-state index in [1.807, 2.05) is 0 Å². The predicted octanol–water partition coefficient (Wildman–Crippen LogP) is 25.1. The molecule has 0 N–H and O–H groups in total. The van der Waals surface area contributed by atoms with Crippen LogP contribution < -0.4 is 0 Å². The van der Waals surface area contributed by atoms with Crippen molar-refractivity contribution in [3.63, 3.8) is 0 Å². The van der Waals surface area contributed by atoms with Gasteiger partial charge < -0.3 is 14.2 Å². The maximum atomic E-state index is 13.0. The molecule has 1 unspecified atom stereocenters. The van der Waals surface area contributed by atoms with Gasteiger partial charge in [0.15, 0.2) is 6.10 Å². The van der Waals surface area contributed by atoms with E-state index >= 15 is 0 Å². The van der Waals surface area contributed by atoms with Crippen LogP contribution in [0.15, 0.2) is 60.8 Å². The van der Waals surface area contributed by atoms with Gasteiger partial charge in [0, 0.05) is 19.3 Å². The monoisotopic (exact) mass is 1150 g/mol. The maximum absolute atomic E-state index is 13.0. The Bertz CT molecular complexity index is 1460. The van der Waals surface area contributed by atoms with Crippen molar-refractivity contribution < 1.29 is 28.6 Å². The number of carbonyl (C=O) groups excluding carboxylic acids is 3. The van der Waals surface area contributed by atoms with Crippen LogP contribution in [-0.4, -0.2) is 37.2 Å². The van der Waals surface area contributed by atoms with Crippen LogP contribution in [0.5, 0.6) is 0 Å². The highest BCUT2D eigenvalue weighted by Crippen LogP contribution is 2.18. The standard InChI is InChI=1S/C76H138O6/c1-4-7-10-13-16-19-22-25-27-29-31-33-35-37-38-40-41-43-45-47-49-51-54-57-60-63-66-69-75(78)81-72-73(71-80-74(77)68-65-62-59-56-53-24-21-18-15-12-9-6-3)82-76(79)70-67-64-61-58-55-52-50-48-46-44-42-39-36-34-32-30-28-26-23-20-17-14-11-8-5-2/h7,10,16,19,25,27,30-33,73H,4-6,8-9,11-15,17-18,20-24,26,28-29,34-72H2,1-3H3/b10-7-,19-16-,27-25-,32-30-,33-31-. The molecule has 1 atom stereocenters. The molecule has 0 aliphatic heterocycles. The van der Waals surface area contributed by atoms with E-state index in [1.165, 1.54) is 263 Å². The molecular weight excluding hydrogens is 1010 g/mol. The SMILES string of the molecule is CC/C=C\C/C=C\C/C=C\C/C=C\CCCCCCCCCCCCCCCCC(=O)OCC(COC(=O)CCCCCCCCCCCCCC)OC(=O)CCCCCCCCCCCCCCC/C=C\CCCCCCCCCC. The van der Waals surface area contributed by atoms with Crippen LogP contribution in [-0.2, 0) is 28.6 Å². The third kappa shape index (κ3) is 67.9. The summed E-state index contributed by atoms with van der Waals surface area (Å²) < 4.78 is 17.0. The summed E-state index contributed by atoms with van der Waals surface area (Å²) in [4.78, 5) is 38.4. The Hall–Kier alpha value is -2.89. The molecule has 0 aliphatic rings. The molecule has 0 radical (unpaired) electrons. The lowest BCUT2D eigenvalue weighted by Gasteiger charge is -2.18. The zero-order chi connectivity index (χ0) is 59.2. The summed E-state index contributed by atoms with van der Waals surface area (Å²) in [5.74, 6) is -0.843. The minimum absolute atomic E-state index is 0.0685. The van der Waals surface area contributed by atoms with Gasteiger partial charge in [-0.1, -0.05) is 345 Å². The van der Waals surface area contributed by atoms with Crippen molar-refractivity contribution in [3.05, 3.63) is 60.8 Å². The Balaban J connectivity index is 4.20. The molecule has 0 saturated heterocycles. The fourth-order valence-corrected chi connectivity index (χ4v) is 10.8. The predicted molar refractivity (Wildman–Crippen MR) is 358 cm³/mol. The second-order valence-electron chi connectivity index (χ2n) is 24.5. The number of hydrogen-bond acceptors (Lipinski definition) is 6. The van der Waals surface area contributed by atoms with Crippen LogP contribution in [0, 0.1) is 0 Å². The smallest absolute Gasteiger partial charge is 0.306 e. The minimum Gasteiger partial charge on any atom is -0.462 e. The van der Waals surface area contributed by atoms with Crippen LogP contribution in [0.4, 0.5) is 0 Å². The molecule has 6 nitrogen and oxygen atoms in total. The van der Waals surface area contributed by atoms with Gasteiger partial charge in [-0.3, -0.25) is 14.4 Å². The summed E-state index contributed by atoms with van der Waals surface area (Å²) in [7, 11) is 0. The highest BCUT2D eigenvalue weighted by Gasteiger charge is 2.19. The fourth-order valence-electron chi connectivity index (χ4n) is 10.8. The lowest BCUT2D eigenvalue weighted by atomic mass is 10.0. The van der Waals surface area contributed by atoms with E-state index < -0.39 is 6.10 Å². The van der Waals surface area contributed by atoms with E-state index in [9.17, 15) is 14.4 Å². The van der Waals surface area contributed by atoms with Gasteiger partial charge in [0.25, 0.3) is 0 Å². The van der Waals surface area contributed by atoms with E-state index in [-0.39, 0.29) is 31.1 Å². The number of carbonyl (C=O) groups is 3. The summed E-state index contributed by atoms with van der Waals surface area (Å²) in [6.07, 6.45) is 91.1. The average Bonchev–Trinajstić information content (AvgIpc) is 3.47. The molecule has 0 aromatic carbocycles. The zero-order valence-electron chi connectivity index (χ0n) is 55.0. The van der Waals surface area contributed by atoms with Gasteiger partial charge in [-0.05, 0) is 83.5 Å². The Morgan fingerprint density at radius 3 is 0.756 bits per heavy atom. The van der Waals surface area contributed by atoms with Crippen LogP contribution in [0.3, 0.4) is 0 Å². The first-order chi connectivity index (χ1) is 40.5. The summed E-state index contributed by atoms with van der Waals surface area (Å²) in [6, 6.07) is 0. The Morgan fingerprint density at radius 1 is 0.256 bits per heavy atom. The summed E-state index contributed by atoms with van der Waals surface area (Å²) in [6.45, 7) is 6.59. The second-order valence-corrected chi connectivity index (χ2v) is 24.5. The molecule has 0 heterocycles. The van der Waals surface area contributed by atoms with Gasteiger partial charge in [0.05, 0.1) is 0 Å². The lowest BCUT2D eigenvalue weighted by molar-refractivity contribution is -0.167. The van der Waals surface area contributed by atoms with E-state index in [4.69, 9.17) is 14.2 Å². The number of rotatable bonds is 67. The van der Waals surface area contributed by atoms with Crippen molar-refractivity contribution in [3.8, 4) is 0 Å². The Morgan fingerprint density at radius 2 is 0.476 bits per heavy atom. The molecule has 0 spiro atoms. The molecule has 6 heteroatoms. The summed E-state index contributed by atoms with van der Waals surface area (Å²) in [5, 5.41) is 0. The van der Waals surface area contributed by atoms with Crippen molar-refractivity contribution in [2.24, 2.45) is 0 Å². The molecule has 478 valence electrons. The molecule has 82 heavy (non-hydrogen) atoms. The van der Waals surface area contributed by atoms with Gasteiger partial charge in [0.1, 0.15) is 13.2 Å². The van der Waals surface area contributed by atoms with Gasteiger partial charge in [-0.25, -0.2) is 0 Å². The van der Waals surface area contributed by atoms with Crippen molar-refractivity contribution in [2.75, 3.05) is 13.2 Å². The number of unbranched alkanes of at least 4 members (excludes halogenated alkanes) is 46. The molecule has 0 aromatic heterocycles. The maximum Gasteiger partial charge on any atom is 0.306 e. The zero-order valence-corrected chi connectivity index (χ0v) is 55.0. The highest BCUT2D eigenvalue weighted by molar-refractivity contribution is 5.71. The number of allylic oxidation sites excluding steroid dienone is 10. The van der Waals surface area contributed by atoms with Gasteiger partial charge in [0.2, 0.25) is 0 Å². The number of ether oxygens (including phenoxy) is 3. The van der Waals surface area contributed by atoms with Crippen molar-refractivity contribution >= 4 is 17.9 Å². The van der Waals surface area contributed by atoms with Crippen LogP contribution in [0.25, 0.3) is 0 Å². The summed E-state index contributed by atoms with van der Waals surface area (Å²) >= 11 is 0. The molecule has 0 aliphatic carbocycles. The van der Waals surface area contributed by atoms with E-state index in [1.54, 1.807) is 0 Å². The van der Waals surface area contributed by atoms with Gasteiger partial charge in [-0.15, -0.1) is 0 Å². The quantitative estimate of drug-likeness (QED) is 0.0261. The Kier molecular flexibility index (Phi) is 68.1. The number of hydrogen-bond donors (Lipinski definition) is 0. The topological polar surface area (TPSA) is 78.9 Å². The molecular formula is C76H138O6. The molecule has 0 bridgehead atoms. The van der Waals surface area contributed by atoms with Crippen molar-refractivity contribution in [1.29, 1.82) is 0 Å². The molecule has 0 fully saturated rings. The highest BCUT2D eigenvalue weighted by atomic mass is 16.6.